The number of hydrogen-bond donors (Lipinski definition) is 2. The predicted octanol–water partition coefficient (Wildman–Crippen LogP) is 3.77. The first-order chi connectivity index (χ1) is 17.0. The van der Waals surface area contributed by atoms with Gasteiger partial charge in [-0.3, -0.25) is 4.79 Å². The van der Waals surface area contributed by atoms with Crippen LogP contribution in [-0.4, -0.2) is 38.7 Å². The summed E-state index contributed by atoms with van der Waals surface area (Å²) in [7, 11) is 1.44. The fourth-order valence-electron chi connectivity index (χ4n) is 4.28. The number of hydrogen-bond acceptors (Lipinski definition) is 7. The summed E-state index contributed by atoms with van der Waals surface area (Å²) in [6.07, 6.45) is 7.51. The molecule has 0 aliphatic heterocycles. The zero-order valence-corrected chi connectivity index (χ0v) is 19.2. The maximum absolute atomic E-state index is 14.6. The van der Waals surface area contributed by atoms with E-state index in [1.807, 2.05) is 6.07 Å². The Labute approximate surface area is 201 Å². The SMILES string of the molecule is COc1ncc(-c2ccn3nc(N)nc3c2)cc1C(=O)NCc1c(F)cccc1OC1CCCC1. The van der Waals surface area contributed by atoms with Gasteiger partial charge in [-0.25, -0.2) is 13.9 Å². The Morgan fingerprint density at radius 3 is 2.86 bits per heavy atom. The van der Waals surface area contributed by atoms with Gasteiger partial charge in [0.2, 0.25) is 11.8 Å². The van der Waals surface area contributed by atoms with Crippen molar-refractivity contribution in [2.24, 2.45) is 0 Å². The lowest BCUT2D eigenvalue weighted by Gasteiger charge is -2.17. The molecule has 0 saturated heterocycles. The van der Waals surface area contributed by atoms with E-state index in [1.165, 1.54) is 13.2 Å². The number of nitrogens with one attached hydrogen (secondary N) is 1. The molecule has 1 aliphatic rings. The van der Waals surface area contributed by atoms with Gasteiger partial charge < -0.3 is 20.5 Å². The van der Waals surface area contributed by atoms with Crippen molar-refractivity contribution in [3.05, 3.63) is 65.7 Å². The van der Waals surface area contributed by atoms with Gasteiger partial charge in [0.25, 0.3) is 5.91 Å². The number of nitrogens with zero attached hydrogens (tertiary/aromatic N) is 4. The number of carbonyl (C=O) groups is 1. The molecule has 5 rings (SSSR count). The highest BCUT2D eigenvalue weighted by Gasteiger charge is 2.21. The highest BCUT2D eigenvalue weighted by molar-refractivity contribution is 5.97. The second-order valence-electron chi connectivity index (χ2n) is 8.39. The van der Waals surface area contributed by atoms with Gasteiger partial charge in [-0.15, -0.1) is 5.10 Å². The summed E-state index contributed by atoms with van der Waals surface area (Å²) in [4.78, 5) is 21.6. The van der Waals surface area contributed by atoms with Crippen LogP contribution in [0.1, 0.15) is 41.6 Å². The third-order valence-corrected chi connectivity index (χ3v) is 6.07. The molecule has 1 fully saturated rings. The van der Waals surface area contributed by atoms with E-state index in [2.05, 4.69) is 20.4 Å². The standard InChI is InChI=1S/C25H25FN6O3/c1-34-24-18(11-16(13-29-24)15-9-10-32-22(12-15)30-25(27)31-32)23(33)28-14-19-20(26)7-4-8-21(19)35-17-5-2-3-6-17/h4,7-13,17H,2-3,5-6,14H2,1H3,(H2,27,31)(H,28,33). The molecule has 3 N–H and O–H groups in total. The molecule has 0 atom stereocenters. The summed E-state index contributed by atoms with van der Waals surface area (Å²) in [5.74, 6) is -0.0916. The topological polar surface area (TPSA) is 117 Å². The molecule has 3 aromatic heterocycles. The number of ether oxygens (including phenoxy) is 2. The Morgan fingerprint density at radius 2 is 2.06 bits per heavy atom. The number of benzene rings is 1. The van der Waals surface area contributed by atoms with Gasteiger partial charge in [-0.2, -0.15) is 4.98 Å². The molecule has 180 valence electrons. The summed E-state index contributed by atoms with van der Waals surface area (Å²) < 4.78 is 27.5. The smallest absolute Gasteiger partial charge is 0.257 e. The number of fused-ring (bicyclic) bond motifs is 1. The molecule has 1 aliphatic carbocycles. The van der Waals surface area contributed by atoms with Crippen LogP contribution in [0.15, 0.2) is 48.8 Å². The van der Waals surface area contributed by atoms with Gasteiger partial charge >= 0.3 is 0 Å². The van der Waals surface area contributed by atoms with Crippen molar-refractivity contribution in [2.75, 3.05) is 12.8 Å². The van der Waals surface area contributed by atoms with Crippen molar-refractivity contribution in [3.8, 4) is 22.8 Å². The lowest BCUT2D eigenvalue weighted by atomic mass is 10.1. The lowest BCUT2D eigenvalue weighted by molar-refractivity contribution is 0.0946. The fraction of sp³-hybridized carbons (Fsp3) is 0.280. The van der Waals surface area contributed by atoms with Gasteiger partial charge in [0.15, 0.2) is 5.65 Å². The summed E-state index contributed by atoms with van der Waals surface area (Å²) in [5, 5.41) is 6.85. The zero-order chi connectivity index (χ0) is 24.4. The summed E-state index contributed by atoms with van der Waals surface area (Å²) in [6.45, 7) is -0.0358. The van der Waals surface area contributed by atoms with Crippen molar-refractivity contribution in [3.63, 3.8) is 0 Å². The molecule has 4 aromatic rings. The van der Waals surface area contributed by atoms with E-state index in [4.69, 9.17) is 15.2 Å². The molecule has 0 radical (unpaired) electrons. The number of anilines is 1. The van der Waals surface area contributed by atoms with Gasteiger partial charge in [0.1, 0.15) is 17.1 Å². The third kappa shape index (κ3) is 4.72. The third-order valence-electron chi connectivity index (χ3n) is 6.07. The first kappa shape index (κ1) is 22.6. The van der Waals surface area contributed by atoms with Gasteiger partial charge in [0.05, 0.1) is 13.2 Å². The number of rotatable bonds is 7. The van der Waals surface area contributed by atoms with Crippen molar-refractivity contribution in [1.29, 1.82) is 0 Å². The predicted molar refractivity (Wildman–Crippen MR) is 128 cm³/mol. The highest BCUT2D eigenvalue weighted by atomic mass is 19.1. The highest BCUT2D eigenvalue weighted by Crippen LogP contribution is 2.29. The lowest BCUT2D eigenvalue weighted by Crippen LogP contribution is -2.25. The van der Waals surface area contributed by atoms with Crippen LogP contribution in [0.4, 0.5) is 10.3 Å². The van der Waals surface area contributed by atoms with Crippen LogP contribution in [0.3, 0.4) is 0 Å². The molecule has 3 heterocycles. The molecule has 1 saturated carbocycles. The quantitative estimate of drug-likeness (QED) is 0.417. The Morgan fingerprint density at radius 1 is 1.23 bits per heavy atom. The van der Waals surface area contributed by atoms with Crippen LogP contribution >= 0.6 is 0 Å². The minimum Gasteiger partial charge on any atom is -0.490 e. The van der Waals surface area contributed by atoms with Crippen molar-refractivity contribution in [2.45, 2.75) is 38.3 Å². The number of aromatic nitrogens is 4. The number of methoxy groups -OCH3 is 1. The molecule has 9 nitrogen and oxygen atoms in total. The first-order valence-corrected chi connectivity index (χ1v) is 11.4. The van der Waals surface area contributed by atoms with Gasteiger partial charge in [0, 0.05) is 30.1 Å². The molecule has 0 unspecified atom stereocenters. The minimum atomic E-state index is -0.445. The second-order valence-corrected chi connectivity index (χ2v) is 8.39. The Kier molecular flexibility index (Phi) is 6.17. The van der Waals surface area contributed by atoms with Crippen LogP contribution in [0.5, 0.6) is 11.6 Å². The van der Waals surface area contributed by atoms with Crippen LogP contribution in [0, 0.1) is 5.82 Å². The van der Waals surface area contributed by atoms with Crippen LogP contribution in [0.2, 0.25) is 0 Å². The summed E-state index contributed by atoms with van der Waals surface area (Å²) >= 11 is 0. The maximum atomic E-state index is 14.6. The molecule has 0 bridgehead atoms. The number of nitrogen functional groups attached to an aromatic ring is 1. The van der Waals surface area contributed by atoms with Gasteiger partial charge in [-0.05, 0) is 61.6 Å². The van der Waals surface area contributed by atoms with E-state index in [-0.39, 0.29) is 30.0 Å². The van der Waals surface area contributed by atoms with E-state index in [0.29, 0.717) is 22.5 Å². The molecule has 1 amide bonds. The zero-order valence-electron chi connectivity index (χ0n) is 19.2. The molecule has 35 heavy (non-hydrogen) atoms. The van der Waals surface area contributed by atoms with E-state index in [1.54, 1.807) is 41.2 Å². The summed E-state index contributed by atoms with van der Waals surface area (Å²) in [5.41, 5.74) is 8.22. The molecule has 10 heteroatoms. The normalized spacial score (nSPS) is 13.8. The first-order valence-electron chi connectivity index (χ1n) is 11.4. The minimum absolute atomic E-state index is 0.0358. The number of pyridine rings is 2. The average molecular weight is 477 g/mol. The molecular weight excluding hydrogens is 451 g/mol. The largest absolute Gasteiger partial charge is 0.490 e. The monoisotopic (exact) mass is 476 g/mol. The Balaban J connectivity index is 1.38. The second kappa shape index (κ2) is 9.57. The van der Waals surface area contributed by atoms with Crippen LogP contribution in [-0.2, 0) is 6.54 Å². The molecule has 1 aromatic carbocycles. The van der Waals surface area contributed by atoms with Gasteiger partial charge in [-0.1, -0.05) is 6.07 Å². The average Bonchev–Trinajstić information content (AvgIpc) is 3.51. The Hall–Kier alpha value is -4.21. The number of nitrogens with two attached hydrogens (primary N) is 1. The van der Waals surface area contributed by atoms with E-state index < -0.39 is 11.7 Å². The van der Waals surface area contributed by atoms with E-state index >= 15 is 0 Å². The Bertz CT molecular complexity index is 1380. The number of carbonyl (C=O) groups excluding carboxylic acids is 1. The maximum Gasteiger partial charge on any atom is 0.257 e. The summed E-state index contributed by atoms with van der Waals surface area (Å²) in [6, 6.07) is 9.99. The van der Waals surface area contributed by atoms with Crippen molar-refractivity contribution in [1.82, 2.24) is 24.9 Å². The van der Waals surface area contributed by atoms with E-state index in [9.17, 15) is 9.18 Å². The molecular formula is C25H25FN6O3. The fourth-order valence-corrected chi connectivity index (χ4v) is 4.28. The van der Waals surface area contributed by atoms with Crippen molar-refractivity contribution >= 4 is 17.5 Å². The van der Waals surface area contributed by atoms with Crippen LogP contribution < -0.4 is 20.5 Å². The number of halogens is 1. The van der Waals surface area contributed by atoms with Crippen molar-refractivity contribution < 1.29 is 18.7 Å². The van der Waals surface area contributed by atoms with Crippen LogP contribution in [0.25, 0.3) is 16.8 Å². The molecule has 0 spiro atoms. The van der Waals surface area contributed by atoms with E-state index in [0.717, 1.165) is 31.2 Å². The number of amides is 1.